The molecule has 4 rings (SSSR count). The summed E-state index contributed by atoms with van der Waals surface area (Å²) in [6.45, 7) is 1.33. The van der Waals surface area contributed by atoms with Crippen LogP contribution in [0.3, 0.4) is 0 Å². The van der Waals surface area contributed by atoms with Crippen LogP contribution in [0.1, 0.15) is 12.8 Å². The fraction of sp³-hybridized carbons (Fsp3) is 0.409. The summed E-state index contributed by atoms with van der Waals surface area (Å²) < 4.78 is 56.4. The molecule has 1 aromatic carbocycles. The van der Waals surface area contributed by atoms with E-state index < -0.39 is 32.0 Å². The van der Waals surface area contributed by atoms with E-state index in [1.54, 1.807) is 47.3 Å². The van der Waals surface area contributed by atoms with Gasteiger partial charge in [-0.25, -0.2) is 21.1 Å². The lowest BCUT2D eigenvalue weighted by molar-refractivity contribution is -0.133. The molecule has 0 radical (unpaired) electrons. The van der Waals surface area contributed by atoms with E-state index in [0.29, 0.717) is 42.8 Å². The van der Waals surface area contributed by atoms with Gasteiger partial charge in [0.25, 0.3) is 0 Å². The Hall–Kier alpha value is -2.87. The molecule has 3 heterocycles. The lowest BCUT2D eigenvalue weighted by Gasteiger charge is -2.27. The Labute approximate surface area is 205 Å². The van der Waals surface area contributed by atoms with E-state index in [0.717, 1.165) is 6.26 Å². The normalized spacial score (nSPS) is 16.9. The number of sulfonamides is 2. The molecule has 0 spiro atoms. The molecule has 1 amide bonds. The van der Waals surface area contributed by atoms with Crippen LogP contribution in [0.2, 0.25) is 0 Å². The standard InChI is InChI=1S/C22H30N6O5S2/c1-34(30,31)28-13-4-12-27(15-16-28)22(29)19(9-14-26-11-3-7-21(26)23)25-35(32,33)20-6-2-5-18-17(20)8-10-24-18/h2-3,5-8,10-11,19,24-25H,4,9,12-16,23H2,1H3. The first-order valence-corrected chi connectivity index (χ1v) is 14.6. The highest BCUT2D eigenvalue weighted by atomic mass is 32.2. The van der Waals surface area contributed by atoms with Crippen LogP contribution < -0.4 is 10.5 Å². The summed E-state index contributed by atoms with van der Waals surface area (Å²) in [4.78, 5) is 18.2. The van der Waals surface area contributed by atoms with Gasteiger partial charge in [0.2, 0.25) is 26.0 Å². The number of carbonyl (C=O) groups excluding carboxylic acids is 1. The summed E-state index contributed by atoms with van der Waals surface area (Å²) in [6.07, 6.45) is 5.20. The van der Waals surface area contributed by atoms with Crippen LogP contribution in [0, 0.1) is 0 Å². The maximum Gasteiger partial charge on any atom is 0.241 e. The summed E-state index contributed by atoms with van der Waals surface area (Å²) in [5.41, 5.74) is 6.62. The highest BCUT2D eigenvalue weighted by Gasteiger charge is 2.32. The van der Waals surface area contributed by atoms with Crippen LogP contribution in [-0.4, -0.2) is 80.0 Å². The Morgan fingerprint density at radius 1 is 1.09 bits per heavy atom. The number of nitrogens with zero attached hydrogens (tertiary/aromatic N) is 3. The molecule has 190 valence electrons. The van der Waals surface area contributed by atoms with Crippen molar-refractivity contribution >= 4 is 42.7 Å². The third-order valence-corrected chi connectivity index (χ3v) is 9.03. The number of amides is 1. The average molecular weight is 523 g/mol. The topological polar surface area (TPSA) is 151 Å². The van der Waals surface area contributed by atoms with Gasteiger partial charge in [0.15, 0.2) is 0 Å². The predicted octanol–water partition coefficient (Wildman–Crippen LogP) is 0.783. The van der Waals surface area contributed by atoms with Crippen LogP contribution in [-0.2, 0) is 31.4 Å². The number of fused-ring (bicyclic) bond motifs is 1. The molecule has 3 aromatic rings. The number of benzene rings is 1. The van der Waals surface area contributed by atoms with Crippen LogP contribution >= 0.6 is 0 Å². The van der Waals surface area contributed by atoms with Gasteiger partial charge in [0.1, 0.15) is 11.9 Å². The van der Waals surface area contributed by atoms with Gasteiger partial charge in [-0.1, -0.05) is 6.07 Å². The Balaban J connectivity index is 1.59. The minimum Gasteiger partial charge on any atom is -0.385 e. The van der Waals surface area contributed by atoms with E-state index in [4.69, 9.17) is 5.73 Å². The van der Waals surface area contributed by atoms with Crippen LogP contribution in [0.25, 0.3) is 10.9 Å². The van der Waals surface area contributed by atoms with Crippen molar-refractivity contribution in [1.82, 2.24) is 23.5 Å². The number of nitrogen functional groups attached to an aromatic ring is 1. The maximum atomic E-state index is 13.6. The lowest BCUT2D eigenvalue weighted by Crippen LogP contribution is -2.50. The molecule has 13 heteroatoms. The summed E-state index contributed by atoms with van der Waals surface area (Å²) in [7, 11) is -7.43. The molecule has 1 atom stereocenters. The van der Waals surface area contributed by atoms with Gasteiger partial charge in [-0.15, -0.1) is 0 Å². The van der Waals surface area contributed by atoms with Crippen LogP contribution in [0.15, 0.2) is 53.7 Å². The monoisotopic (exact) mass is 522 g/mol. The van der Waals surface area contributed by atoms with Gasteiger partial charge in [0, 0.05) is 56.0 Å². The van der Waals surface area contributed by atoms with Gasteiger partial charge in [-0.2, -0.15) is 4.72 Å². The highest BCUT2D eigenvalue weighted by molar-refractivity contribution is 7.89. The Kier molecular flexibility index (Phi) is 7.22. The van der Waals surface area contributed by atoms with Crippen LogP contribution in [0.5, 0.6) is 0 Å². The van der Waals surface area contributed by atoms with Gasteiger partial charge >= 0.3 is 0 Å². The van der Waals surface area contributed by atoms with E-state index in [2.05, 4.69) is 9.71 Å². The van der Waals surface area contributed by atoms with Gasteiger partial charge in [-0.05, 0) is 43.2 Å². The summed E-state index contributed by atoms with van der Waals surface area (Å²) in [5.74, 6) is 0.116. The number of rotatable bonds is 8. The number of aromatic nitrogens is 2. The second kappa shape index (κ2) is 10.0. The van der Waals surface area contributed by atoms with Crippen molar-refractivity contribution in [2.75, 3.05) is 38.2 Å². The molecule has 1 aliphatic rings. The average Bonchev–Trinajstić information content (AvgIpc) is 3.36. The molecule has 2 aromatic heterocycles. The van der Waals surface area contributed by atoms with Crippen molar-refractivity contribution in [1.29, 1.82) is 0 Å². The molecule has 4 N–H and O–H groups in total. The second-order valence-electron chi connectivity index (χ2n) is 8.62. The summed E-state index contributed by atoms with van der Waals surface area (Å²) in [6, 6.07) is 9.03. The quantitative estimate of drug-likeness (QED) is 0.398. The summed E-state index contributed by atoms with van der Waals surface area (Å²) in [5, 5.41) is 0.527. The molecule has 35 heavy (non-hydrogen) atoms. The number of anilines is 1. The maximum absolute atomic E-state index is 13.6. The largest absolute Gasteiger partial charge is 0.385 e. The number of hydrogen-bond acceptors (Lipinski definition) is 6. The van der Waals surface area contributed by atoms with Crippen molar-refractivity contribution in [2.24, 2.45) is 0 Å². The first-order chi connectivity index (χ1) is 16.6. The second-order valence-corrected chi connectivity index (χ2v) is 12.3. The number of aromatic amines is 1. The molecular weight excluding hydrogens is 492 g/mol. The van der Waals surface area contributed by atoms with Crippen LogP contribution in [0.4, 0.5) is 5.82 Å². The molecule has 1 aliphatic heterocycles. The minimum atomic E-state index is -4.05. The fourth-order valence-corrected chi connectivity index (χ4v) is 6.66. The first kappa shape index (κ1) is 25.2. The predicted molar refractivity (Wildman–Crippen MR) is 133 cm³/mol. The number of carbonyl (C=O) groups is 1. The lowest BCUT2D eigenvalue weighted by atomic mass is 10.2. The van der Waals surface area contributed by atoms with E-state index in [-0.39, 0.29) is 24.4 Å². The molecule has 11 nitrogen and oxygen atoms in total. The van der Waals surface area contributed by atoms with Crippen molar-refractivity contribution in [3.05, 3.63) is 48.8 Å². The molecule has 0 aliphatic carbocycles. The first-order valence-electron chi connectivity index (χ1n) is 11.3. The Morgan fingerprint density at radius 3 is 2.60 bits per heavy atom. The van der Waals surface area contributed by atoms with Crippen molar-refractivity contribution in [2.45, 2.75) is 30.3 Å². The Bertz CT molecular complexity index is 1410. The van der Waals surface area contributed by atoms with E-state index in [1.165, 1.54) is 15.3 Å². The molecule has 1 unspecified atom stereocenters. The number of aryl methyl sites for hydroxylation is 1. The van der Waals surface area contributed by atoms with Gasteiger partial charge in [0.05, 0.1) is 11.2 Å². The zero-order valence-electron chi connectivity index (χ0n) is 19.4. The number of hydrogen-bond donors (Lipinski definition) is 3. The summed E-state index contributed by atoms with van der Waals surface area (Å²) >= 11 is 0. The fourth-order valence-electron chi connectivity index (χ4n) is 4.34. The van der Waals surface area contributed by atoms with Crippen molar-refractivity contribution in [3.63, 3.8) is 0 Å². The number of H-pyrrole nitrogens is 1. The van der Waals surface area contributed by atoms with Gasteiger partial charge in [-0.3, -0.25) is 4.79 Å². The zero-order chi connectivity index (χ0) is 25.2. The van der Waals surface area contributed by atoms with E-state index in [1.807, 2.05) is 0 Å². The van der Waals surface area contributed by atoms with Crippen molar-refractivity contribution in [3.8, 4) is 0 Å². The third kappa shape index (κ3) is 5.69. The van der Waals surface area contributed by atoms with E-state index >= 15 is 0 Å². The molecule has 1 fully saturated rings. The molecule has 1 saturated heterocycles. The van der Waals surface area contributed by atoms with Crippen molar-refractivity contribution < 1.29 is 21.6 Å². The SMILES string of the molecule is CS(=O)(=O)N1CCCN(C(=O)C(CCn2cccc2N)NS(=O)(=O)c2cccc3[nH]ccc23)CC1. The van der Waals surface area contributed by atoms with E-state index in [9.17, 15) is 21.6 Å². The minimum absolute atomic E-state index is 0.0774. The molecule has 0 bridgehead atoms. The number of nitrogens with one attached hydrogen (secondary N) is 2. The number of nitrogens with two attached hydrogens (primary N) is 1. The Morgan fingerprint density at radius 2 is 1.89 bits per heavy atom. The van der Waals surface area contributed by atoms with Gasteiger partial charge < -0.3 is 20.2 Å². The molecule has 0 saturated carbocycles. The third-order valence-electron chi connectivity index (χ3n) is 6.20. The highest BCUT2D eigenvalue weighted by Crippen LogP contribution is 2.23. The smallest absolute Gasteiger partial charge is 0.241 e. The zero-order valence-corrected chi connectivity index (χ0v) is 21.1. The molecular formula is C22H30N6O5S2.